The molecule has 0 radical (unpaired) electrons. The minimum absolute atomic E-state index is 0.0231. The minimum atomic E-state index is -0.692. The first-order valence-corrected chi connectivity index (χ1v) is 8.33. The largest absolute Gasteiger partial charge is 0.478 e. The number of hydrogen-bond acceptors (Lipinski definition) is 7. The number of carbonyl (C=O) groups excluding carboxylic acids is 2. The second kappa shape index (κ2) is 7.19. The van der Waals surface area contributed by atoms with E-state index in [1.807, 2.05) is 0 Å². The predicted octanol–water partition coefficient (Wildman–Crippen LogP) is 1.71. The number of amides is 3. The Bertz CT molecular complexity index is 880. The summed E-state index contributed by atoms with van der Waals surface area (Å²) in [6.45, 7) is 0.428. The van der Waals surface area contributed by atoms with Crippen molar-refractivity contribution in [2.75, 3.05) is 23.8 Å². The Hall–Kier alpha value is -3.21. The molecule has 1 aromatic carbocycles. The normalized spacial score (nSPS) is 18.4. The van der Waals surface area contributed by atoms with E-state index in [2.05, 4.69) is 26.1 Å². The van der Waals surface area contributed by atoms with Crippen LogP contribution in [0.2, 0.25) is 0 Å². The molecule has 1 atom stereocenters. The highest BCUT2D eigenvalue weighted by atomic mass is 19.1. The predicted molar refractivity (Wildman–Crippen MR) is 88.6 cm³/mol. The average Bonchev–Trinajstić information content (AvgIpc) is 3.31. The number of ether oxygens (including phenoxy) is 2. The Labute approximate surface area is 152 Å². The lowest BCUT2D eigenvalue weighted by atomic mass is 10.2. The number of benzene rings is 1. The van der Waals surface area contributed by atoms with Crippen molar-refractivity contribution in [1.29, 1.82) is 0 Å². The van der Waals surface area contributed by atoms with E-state index in [9.17, 15) is 14.0 Å². The van der Waals surface area contributed by atoms with Gasteiger partial charge in [-0.05, 0) is 18.9 Å². The van der Waals surface area contributed by atoms with E-state index >= 15 is 0 Å². The zero-order valence-corrected chi connectivity index (χ0v) is 14.1. The van der Waals surface area contributed by atoms with Crippen LogP contribution >= 0.6 is 0 Å². The molecule has 2 aliphatic rings. The third kappa shape index (κ3) is 3.82. The Balaban J connectivity index is 1.35. The number of anilines is 2. The van der Waals surface area contributed by atoms with Crippen LogP contribution in [-0.4, -0.2) is 35.3 Å². The van der Waals surface area contributed by atoms with Crippen molar-refractivity contribution >= 4 is 23.3 Å². The fraction of sp³-hybridized carbons (Fsp3) is 0.375. The van der Waals surface area contributed by atoms with Crippen LogP contribution in [0.5, 0.6) is 5.75 Å². The molecular weight excluding hydrogens is 361 g/mol. The number of urea groups is 1. The molecule has 27 heavy (non-hydrogen) atoms. The molecule has 10 nitrogen and oxygen atoms in total. The van der Waals surface area contributed by atoms with Gasteiger partial charge in [0, 0.05) is 18.4 Å². The lowest BCUT2D eigenvalue weighted by Gasteiger charge is -2.19. The SMILES string of the molecule is O=C1COc2c(F)cc(NC(=O)NCc3noc(C4CCCO4)n3)cc2N1. The monoisotopic (exact) mass is 377 g/mol. The molecule has 0 aliphatic carbocycles. The number of halogens is 1. The van der Waals surface area contributed by atoms with Crippen LogP contribution in [0.3, 0.4) is 0 Å². The first-order chi connectivity index (χ1) is 13.1. The summed E-state index contributed by atoms with van der Waals surface area (Å²) in [5, 5.41) is 11.3. The molecule has 1 saturated heterocycles. The first-order valence-electron chi connectivity index (χ1n) is 8.33. The van der Waals surface area contributed by atoms with Crippen LogP contribution in [0.15, 0.2) is 16.7 Å². The van der Waals surface area contributed by atoms with Crippen molar-refractivity contribution in [1.82, 2.24) is 15.5 Å². The average molecular weight is 377 g/mol. The molecule has 1 unspecified atom stereocenters. The molecule has 3 heterocycles. The van der Waals surface area contributed by atoms with E-state index in [-0.39, 0.29) is 36.4 Å². The maximum atomic E-state index is 14.0. The molecule has 4 rings (SSSR count). The van der Waals surface area contributed by atoms with E-state index in [1.165, 1.54) is 6.07 Å². The van der Waals surface area contributed by atoms with Gasteiger partial charge in [0.2, 0.25) is 0 Å². The van der Waals surface area contributed by atoms with E-state index in [0.717, 1.165) is 18.9 Å². The fourth-order valence-electron chi connectivity index (χ4n) is 2.81. The fourth-order valence-corrected chi connectivity index (χ4v) is 2.81. The topological polar surface area (TPSA) is 128 Å². The van der Waals surface area contributed by atoms with Crippen LogP contribution in [0.25, 0.3) is 0 Å². The summed E-state index contributed by atoms with van der Waals surface area (Å²) >= 11 is 0. The minimum Gasteiger partial charge on any atom is -0.478 e. The van der Waals surface area contributed by atoms with Gasteiger partial charge in [0.15, 0.2) is 24.0 Å². The maximum Gasteiger partial charge on any atom is 0.319 e. The molecule has 0 saturated carbocycles. The second-order valence-corrected chi connectivity index (χ2v) is 6.03. The van der Waals surface area contributed by atoms with Gasteiger partial charge in [0.05, 0.1) is 12.2 Å². The molecule has 3 N–H and O–H groups in total. The van der Waals surface area contributed by atoms with Gasteiger partial charge in [-0.2, -0.15) is 4.98 Å². The highest BCUT2D eigenvalue weighted by Crippen LogP contribution is 2.33. The molecule has 0 spiro atoms. The molecule has 1 fully saturated rings. The number of rotatable bonds is 4. The highest BCUT2D eigenvalue weighted by Gasteiger charge is 2.24. The molecule has 142 valence electrons. The lowest BCUT2D eigenvalue weighted by Crippen LogP contribution is -2.29. The molecular formula is C16H16FN5O5. The lowest BCUT2D eigenvalue weighted by molar-refractivity contribution is -0.118. The Morgan fingerprint density at radius 2 is 2.30 bits per heavy atom. The standard InChI is InChI=1S/C16H16FN5O5/c17-9-4-8(5-10-14(9)26-7-13(23)20-10)19-16(24)18-6-12-21-15(27-22-12)11-2-1-3-25-11/h4-5,11H,1-3,6-7H2,(H,20,23)(H2,18,19,24). The van der Waals surface area contributed by atoms with Crippen molar-refractivity contribution in [2.45, 2.75) is 25.5 Å². The van der Waals surface area contributed by atoms with E-state index < -0.39 is 17.8 Å². The van der Waals surface area contributed by atoms with Gasteiger partial charge < -0.3 is 29.9 Å². The van der Waals surface area contributed by atoms with E-state index in [1.54, 1.807) is 0 Å². The third-order valence-electron chi connectivity index (χ3n) is 4.02. The number of nitrogens with zero attached hydrogens (tertiary/aromatic N) is 2. The molecule has 2 aromatic rings. The maximum absolute atomic E-state index is 14.0. The van der Waals surface area contributed by atoms with Gasteiger partial charge in [-0.1, -0.05) is 5.16 Å². The summed E-state index contributed by atoms with van der Waals surface area (Å²) in [6, 6.07) is 1.90. The number of hydrogen-bond donors (Lipinski definition) is 3. The van der Waals surface area contributed by atoms with E-state index in [0.29, 0.717) is 18.3 Å². The number of nitrogens with one attached hydrogen (secondary N) is 3. The van der Waals surface area contributed by atoms with Crippen molar-refractivity contribution < 1.29 is 28.0 Å². The number of aromatic nitrogens is 2. The second-order valence-electron chi connectivity index (χ2n) is 6.03. The zero-order valence-electron chi connectivity index (χ0n) is 14.1. The molecule has 11 heteroatoms. The van der Waals surface area contributed by atoms with Gasteiger partial charge in [0.25, 0.3) is 11.8 Å². The Morgan fingerprint density at radius 1 is 1.41 bits per heavy atom. The molecule has 3 amide bonds. The summed E-state index contributed by atoms with van der Waals surface area (Å²) in [7, 11) is 0. The molecule has 1 aromatic heterocycles. The first kappa shape index (κ1) is 17.2. The van der Waals surface area contributed by atoms with Crippen LogP contribution in [0.4, 0.5) is 20.6 Å². The van der Waals surface area contributed by atoms with Gasteiger partial charge in [-0.25, -0.2) is 9.18 Å². The van der Waals surface area contributed by atoms with Crippen LogP contribution in [0.1, 0.15) is 30.7 Å². The van der Waals surface area contributed by atoms with Gasteiger partial charge in [-0.3, -0.25) is 4.79 Å². The Morgan fingerprint density at radius 3 is 3.11 bits per heavy atom. The Kier molecular flexibility index (Phi) is 4.59. The van der Waals surface area contributed by atoms with Crippen molar-refractivity contribution in [3.63, 3.8) is 0 Å². The van der Waals surface area contributed by atoms with E-state index in [4.69, 9.17) is 14.0 Å². The van der Waals surface area contributed by atoms with Crippen LogP contribution < -0.4 is 20.7 Å². The van der Waals surface area contributed by atoms with Gasteiger partial charge in [-0.15, -0.1) is 0 Å². The molecule has 2 aliphatic heterocycles. The zero-order chi connectivity index (χ0) is 18.8. The highest BCUT2D eigenvalue weighted by molar-refractivity contribution is 5.97. The molecule has 0 bridgehead atoms. The summed E-state index contributed by atoms with van der Waals surface area (Å²) in [5.74, 6) is -0.469. The van der Waals surface area contributed by atoms with Gasteiger partial charge in [0.1, 0.15) is 6.10 Å². The summed E-state index contributed by atoms with van der Waals surface area (Å²) in [5.41, 5.74) is 0.309. The van der Waals surface area contributed by atoms with Crippen LogP contribution in [0, 0.1) is 5.82 Å². The summed E-state index contributed by atoms with van der Waals surface area (Å²) < 4.78 is 29.6. The van der Waals surface area contributed by atoms with Crippen molar-refractivity contribution in [3.05, 3.63) is 29.7 Å². The quantitative estimate of drug-likeness (QED) is 0.740. The summed E-state index contributed by atoms with van der Waals surface area (Å²) in [6.07, 6.45) is 1.56. The summed E-state index contributed by atoms with van der Waals surface area (Å²) in [4.78, 5) is 27.5. The van der Waals surface area contributed by atoms with Crippen molar-refractivity contribution in [2.24, 2.45) is 0 Å². The third-order valence-corrected chi connectivity index (χ3v) is 4.02. The smallest absolute Gasteiger partial charge is 0.319 e. The van der Waals surface area contributed by atoms with Crippen molar-refractivity contribution in [3.8, 4) is 5.75 Å². The van der Waals surface area contributed by atoms with Gasteiger partial charge >= 0.3 is 6.03 Å². The van der Waals surface area contributed by atoms with Crippen LogP contribution in [-0.2, 0) is 16.1 Å². The number of fused-ring (bicyclic) bond motifs is 1. The number of carbonyl (C=O) groups is 2.